The van der Waals surface area contributed by atoms with Gasteiger partial charge in [-0.3, -0.25) is 4.79 Å². The lowest BCUT2D eigenvalue weighted by molar-refractivity contribution is -0.240. The van der Waals surface area contributed by atoms with Crippen LogP contribution in [0.2, 0.25) is 0 Å². The van der Waals surface area contributed by atoms with Crippen molar-refractivity contribution in [2.75, 3.05) is 13.2 Å². The fraction of sp³-hybridized carbons (Fsp3) is 0.857. The van der Waals surface area contributed by atoms with Crippen molar-refractivity contribution in [2.24, 2.45) is 28.1 Å². The number of ketones is 1. The third-order valence-corrected chi connectivity index (χ3v) is 7.98. The van der Waals surface area contributed by atoms with Gasteiger partial charge in [0.2, 0.25) is 0 Å². The number of carbonyl (C=O) groups excluding carboxylic acids is 1. The molecule has 4 rings (SSSR count). The molecule has 4 aliphatic rings. The third-order valence-electron chi connectivity index (χ3n) is 7.98. The molecule has 0 radical (unpaired) electrons. The number of carbonyl (C=O) groups is 1. The molecule has 3 atom stereocenters. The summed E-state index contributed by atoms with van der Waals surface area (Å²) in [4.78, 5) is 13.5. The van der Waals surface area contributed by atoms with Crippen molar-refractivity contribution >= 4 is 5.78 Å². The van der Waals surface area contributed by atoms with Crippen LogP contribution in [0.4, 0.5) is 0 Å². The molecular weight excluding hydrogens is 300 g/mol. The van der Waals surface area contributed by atoms with Gasteiger partial charge in [0.1, 0.15) is 5.78 Å². The SMILES string of the molecule is CC1(C)CC[C@@H]2CC=C3[C@H](CCC4(OCCO4)C3(C)C)[C@]2(C)C1=O. The Morgan fingerprint density at radius 2 is 1.67 bits per heavy atom. The molecule has 0 aromatic carbocycles. The number of rotatable bonds is 0. The van der Waals surface area contributed by atoms with Crippen molar-refractivity contribution in [3.8, 4) is 0 Å². The van der Waals surface area contributed by atoms with E-state index in [1.54, 1.807) is 0 Å². The summed E-state index contributed by atoms with van der Waals surface area (Å²) in [6.45, 7) is 12.5. The molecule has 3 aliphatic carbocycles. The lowest BCUT2D eigenvalue weighted by Gasteiger charge is -2.60. The summed E-state index contributed by atoms with van der Waals surface area (Å²) >= 11 is 0. The highest BCUT2D eigenvalue weighted by molar-refractivity contribution is 5.91. The molecule has 0 bridgehead atoms. The smallest absolute Gasteiger partial charge is 0.177 e. The van der Waals surface area contributed by atoms with Gasteiger partial charge in [0.15, 0.2) is 5.79 Å². The van der Waals surface area contributed by atoms with Crippen molar-refractivity contribution in [3.63, 3.8) is 0 Å². The summed E-state index contributed by atoms with van der Waals surface area (Å²) in [5, 5.41) is 0. The van der Waals surface area contributed by atoms with E-state index in [0.29, 0.717) is 30.8 Å². The number of hydrogen-bond acceptors (Lipinski definition) is 3. The van der Waals surface area contributed by atoms with Crippen LogP contribution in [0.3, 0.4) is 0 Å². The number of ether oxygens (including phenoxy) is 2. The lowest BCUT2D eigenvalue weighted by atomic mass is 9.45. The van der Waals surface area contributed by atoms with Crippen molar-refractivity contribution < 1.29 is 14.3 Å². The van der Waals surface area contributed by atoms with Gasteiger partial charge in [-0.05, 0) is 37.5 Å². The van der Waals surface area contributed by atoms with Gasteiger partial charge in [0.05, 0.1) is 13.2 Å². The second kappa shape index (κ2) is 4.94. The van der Waals surface area contributed by atoms with E-state index in [-0.39, 0.29) is 16.2 Å². The Morgan fingerprint density at radius 1 is 1.00 bits per heavy atom. The molecule has 3 nitrogen and oxygen atoms in total. The Morgan fingerprint density at radius 3 is 2.33 bits per heavy atom. The van der Waals surface area contributed by atoms with Gasteiger partial charge >= 0.3 is 0 Å². The van der Waals surface area contributed by atoms with E-state index in [1.165, 1.54) is 12.0 Å². The molecule has 0 amide bonds. The summed E-state index contributed by atoms with van der Waals surface area (Å²) in [5.41, 5.74) is 0.847. The molecule has 3 heteroatoms. The first-order chi connectivity index (χ1) is 11.2. The average Bonchev–Trinajstić information content (AvgIpc) is 2.99. The first-order valence-electron chi connectivity index (χ1n) is 9.68. The maximum atomic E-state index is 13.5. The highest BCUT2D eigenvalue weighted by Gasteiger charge is 2.64. The second-order valence-corrected chi connectivity index (χ2v) is 9.79. The van der Waals surface area contributed by atoms with E-state index in [0.717, 1.165) is 25.7 Å². The Labute approximate surface area is 146 Å². The zero-order valence-electron chi connectivity index (χ0n) is 15.9. The van der Waals surface area contributed by atoms with E-state index in [4.69, 9.17) is 9.47 Å². The normalized spacial score (nSPS) is 42.4. The largest absolute Gasteiger partial charge is 0.347 e. The molecule has 0 aromatic rings. The molecule has 1 aliphatic heterocycles. The van der Waals surface area contributed by atoms with Crippen LogP contribution < -0.4 is 0 Å². The standard InChI is InChI=1S/C21H32O3/c1-18(2)10-8-14-6-7-15-16(20(14,5)17(18)22)9-11-21(19(15,3)4)23-12-13-24-21/h7,14,16H,6,8-13H2,1-5H3/t14-,16-,20+/m0/s1. The lowest BCUT2D eigenvalue weighted by Crippen LogP contribution is -2.60. The van der Waals surface area contributed by atoms with Crippen LogP contribution >= 0.6 is 0 Å². The molecule has 134 valence electrons. The monoisotopic (exact) mass is 332 g/mol. The molecule has 1 saturated heterocycles. The van der Waals surface area contributed by atoms with Gasteiger partial charge in [0.25, 0.3) is 0 Å². The molecule has 3 fully saturated rings. The summed E-state index contributed by atoms with van der Waals surface area (Å²) in [6, 6.07) is 0. The zero-order chi connectivity index (χ0) is 17.4. The fourth-order valence-electron chi connectivity index (χ4n) is 6.38. The first-order valence-corrected chi connectivity index (χ1v) is 9.68. The number of Topliss-reactive ketones (excluding diaryl/α,β-unsaturated/α-hetero) is 1. The van der Waals surface area contributed by atoms with Crippen molar-refractivity contribution in [1.29, 1.82) is 0 Å². The van der Waals surface area contributed by atoms with E-state index < -0.39 is 5.79 Å². The van der Waals surface area contributed by atoms with Gasteiger partial charge in [0, 0.05) is 22.7 Å². The number of hydrogen-bond donors (Lipinski definition) is 0. The van der Waals surface area contributed by atoms with Crippen LogP contribution in [-0.2, 0) is 14.3 Å². The summed E-state index contributed by atoms with van der Waals surface area (Å²) in [6.07, 6.45) is 7.58. The molecule has 2 saturated carbocycles. The summed E-state index contributed by atoms with van der Waals surface area (Å²) in [7, 11) is 0. The van der Waals surface area contributed by atoms with Gasteiger partial charge in [-0.25, -0.2) is 0 Å². The van der Waals surface area contributed by atoms with Crippen molar-refractivity contribution in [2.45, 2.75) is 72.5 Å². The third kappa shape index (κ3) is 1.89. The summed E-state index contributed by atoms with van der Waals surface area (Å²) in [5.74, 6) is 0.854. The summed E-state index contributed by atoms with van der Waals surface area (Å²) < 4.78 is 12.3. The van der Waals surface area contributed by atoms with Crippen molar-refractivity contribution in [1.82, 2.24) is 0 Å². The fourth-order valence-corrected chi connectivity index (χ4v) is 6.38. The van der Waals surface area contributed by atoms with Crippen LogP contribution in [-0.4, -0.2) is 24.8 Å². The van der Waals surface area contributed by atoms with Gasteiger partial charge in [-0.1, -0.05) is 46.3 Å². The van der Waals surface area contributed by atoms with Crippen LogP contribution in [0.5, 0.6) is 0 Å². The highest BCUT2D eigenvalue weighted by Crippen LogP contribution is 2.64. The van der Waals surface area contributed by atoms with E-state index >= 15 is 0 Å². The second-order valence-electron chi connectivity index (χ2n) is 9.79. The first kappa shape index (κ1) is 16.8. The number of fused-ring (bicyclic) bond motifs is 3. The van der Waals surface area contributed by atoms with Crippen LogP contribution in [0.15, 0.2) is 11.6 Å². The Bertz CT molecular complexity index is 594. The van der Waals surface area contributed by atoms with Gasteiger partial charge in [-0.2, -0.15) is 0 Å². The number of allylic oxidation sites excluding steroid dienone is 1. The van der Waals surface area contributed by atoms with Crippen LogP contribution in [0.1, 0.15) is 66.7 Å². The molecule has 24 heavy (non-hydrogen) atoms. The molecule has 0 N–H and O–H groups in total. The van der Waals surface area contributed by atoms with Crippen LogP contribution in [0.25, 0.3) is 0 Å². The minimum atomic E-state index is -0.480. The minimum absolute atomic E-state index is 0.164. The molecule has 1 heterocycles. The van der Waals surface area contributed by atoms with E-state index in [1.807, 2.05) is 0 Å². The average molecular weight is 332 g/mol. The maximum absolute atomic E-state index is 13.5. The molecule has 1 spiro atoms. The maximum Gasteiger partial charge on any atom is 0.177 e. The van der Waals surface area contributed by atoms with Gasteiger partial charge < -0.3 is 9.47 Å². The van der Waals surface area contributed by atoms with E-state index in [2.05, 4.69) is 40.7 Å². The Kier molecular flexibility index (Phi) is 3.46. The zero-order valence-corrected chi connectivity index (χ0v) is 15.9. The molecular formula is C21H32O3. The Hall–Kier alpha value is -0.670. The van der Waals surface area contributed by atoms with E-state index in [9.17, 15) is 4.79 Å². The topological polar surface area (TPSA) is 35.5 Å². The minimum Gasteiger partial charge on any atom is -0.347 e. The highest BCUT2D eigenvalue weighted by atomic mass is 16.7. The van der Waals surface area contributed by atoms with Gasteiger partial charge in [-0.15, -0.1) is 0 Å². The van der Waals surface area contributed by atoms with Crippen LogP contribution in [0, 0.1) is 28.1 Å². The van der Waals surface area contributed by atoms with Crippen molar-refractivity contribution in [3.05, 3.63) is 11.6 Å². The quantitative estimate of drug-likeness (QED) is 0.612. The molecule has 0 aromatic heterocycles. The molecule has 0 unspecified atom stereocenters. The predicted molar refractivity (Wildman–Crippen MR) is 93.5 cm³/mol. The predicted octanol–water partition coefficient (Wildman–Crippen LogP) is 4.51. The Balaban J connectivity index is 1.78.